The molecule has 1 aromatic rings. The smallest absolute Gasteiger partial charge is 0.201 e. The van der Waals surface area contributed by atoms with Crippen molar-refractivity contribution in [2.75, 3.05) is 0 Å². The highest BCUT2D eigenvalue weighted by Crippen LogP contribution is 2.25. The van der Waals surface area contributed by atoms with Gasteiger partial charge in [0.05, 0.1) is 0 Å². The molecule has 0 aromatic carbocycles. The number of aryl methyl sites for hydroxylation is 1. The molecule has 1 heterocycles. The molecule has 0 radical (unpaired) electrons. The van der Waals surface area contributed by atoms with Crippen molar-refractivity contribution in [1.29, 1.82) is 0 Å². The molecule has 0 atom stereocenters. The van der Waals surface area contributed by atoms with Crippen LogP contribution >= 0.6 is 0 Å². The van der Waals surface area contributed by atoms with Gasteiger partial charge in [0.2, 0.25) is 5.78 Å². The van der Waals surface area contributed by atoms with Crippen molar-refractivity contribution in [2.45, 2.75) is 58.4 Å². The lowest BCUT2D eigenvalue weighted by molar-refractivity contribution is 0.0883. The van der Waals surface area contributed by atoms with Crippen molar-refractivity contribution < 1.29 is 4.79 Å². The molecular weight excluding hydrogens is 212 g/mol. The normalized spacial score (nSPS) is 18.6. The van der Waals surface area contributed by atoms with Crippen LogP contribution in [-0.2, 0) is 6.54 Å². The lowest BCUT2D eigenvalue weighted by Crippen LogP contribution is -2.20. The molecule has 94 valence electrons. The van der Waals surface area contributed by atoms with Gasteiger partial charge in [-0.05, 0) is 19.8 Å². The number of ketones is 1. The topological polar surface area (TPSA) is 34.9 Å². The minimum atomic E-state index is 0.211. The summed E-state index contributed by atoms with van der Waals surface area (Å²) in [5.74, 6) is 1.14. The number of carbonyl (C=O) groups excluding carboxylic acids is 1. The van der Waals surface area contributed by atoms with Crippen LogP contribution in [0.15, 0.2) is 12.4 Å². The van der Waals surface area contributed by atoms with E-state index in [1.54, 1.807) is 6.20 Å². The van der Waals surface area contributed by atoms with Crippen molar-refractivity contribution in [3.05, 3.63) is 18.2 Å². The summed E-state index contributed by atoms with van der Waals surface area (Å²) in [7, 11) is 0. The van der Waals surface area contributed by atoms with Crippen LogP contribution in [0.4, 0.5) is 0 Å². The molecule has 0 amide bonds. The minimum absolute atomic E-state index is 0.211. The number of aromatic nitrogens is 2. The van der Waals surface area contributed by atoms with Gasteiger partial charge in [-0.1, -0.05) is 32.1 Å². The highest BCUT2D eigenvalue weighted by Gasteiger charge is 2.23. The number of hydrogen-bond acceptors (Lipinski definition) is 2. The van der Waals surface area contributed by atoms with E-state index in [0.717, 1.165) is 19.4 Å². The lowest BCUT2D eigenvalue weighted by Gasteiger charge is -2.18. The molecular formula is C14H22N2O. The van der Waals surface area contributed by atoms with Crippen molar-refractivity contribution in [2.24, 2.45) is 5.92 Å². The van der Waals surface area contributed by atoms with Gasteiger partial charge in [-0.25, -0.2) is 4.98 Å². The second-order valence-electron chi connectivity index (χ2n) is 4.94. The van der Waals surface area contributed by atoms with E-state index in [-0.39, 0.29) is 11.7 Å². The summed E-state index contributed by atoms with van der Waals surface area (Å²) in [5.41, 5.74) is 0. The summed E-state index contributed by atoms with van der Waals surface area (Å²) < 4.78 is 1.96. The maximum absolute atomic E-state index is 12.4. The summed E-state index contributed by atoms with van der Waals surface area (Å²) in [6.07, 6.45) is 12.0. The van der Waals surface area contributed by atoms with Gasteiger partial charge in [0.25, 0.3) is 0 Å². The fraction of sp³-hybridized carbons (Fsp3) is 0.714. The number of Topliss-reactive ketones (excluding diaryl/α,β-unsaturated/α-hetero) is 1. The molecule has 1 saturated carbocycles. The average Bonchev–Trinajstić information content (AvgIpc) is 2.75. The van der Waals surface area contributed by atoms with E-state index in [2.05, 4.69) is 11.9 Å². The van der Waals surface area contributed by atoms with Gasteiger partial charge in [-0.3, -0.25) is 4.79 Å². The van der Waals surface area contributed by atoms with Gasteiger partial charge in [0.15, 0.2) is 5.82 Å². The minimum Gasteiger partial charge on any atom is -0.329 e. The summed E-state index contributed by atoms with van der Waals surface area (Å²) in [4.78, 5) is 16.7. The van der Waals surface area contributed by atoms with Gasteiger partial charge in [0.1, 0.15) is 0 Å². The number of hydrogen-bond donors (Lipinski definition) is 0. The molecule has 1 aliphatic rings. The molecule has 3 nitrogen and oxygen atoms in total. The number of imidazole rings is 1. The van der Waals surface area contributed by atoms with E-state index in [4.69, 9.17) is 0 Å². The van der Waals surface area contributed by atoms with Gasteiger partial charge >= 0.3 is 0 Å². The Morgan fingerprint density at radius 2 is 1.94 bits per heavy atom. The second kappa shape index (κ2) is 5.99. The molecule has 0 unspecified atom stereocenters. The van der Waals surface area contributed by atoms with E-state index in [0.29, 0.717) is 5.82 Å². The van der Waals surface area contributed by atoms with Crippen LogP contribution in [0.3, 0.4) is 0 Å². The molecule has 0 N–H and O–H groups in total. The second-order valence-corrected chi connectivity index (χ2v) is 4.94. The highest BCUT2D eigenvalue weighted by molar-refractivity contribution is 5.94. The van der Waals surface area contributed by atoms with Gasteiger partial charge in [-0.2, -0.15) is 0 Å². The van der Waals surface area contributed by atoms with Crippen molar-refractivity contribution in [1.82, 2.24) is 9.55 Å². The number of carbonyl (C=O) groups is 1. The molecule has 1 aromatic heterocycles. The number of rotatable bonds is 3. The van der Waals surface area contributed by atoms with Crippen LogP contribution in [-0.4, -0.2) is 15.3 Å². The number of nitrogens with zero attached hydrogens (tertiary/aromatic N) is 2. The lowest BCUT2D eigenvalue weighted by atomic mass is 9.88. The predicted molar refractivity (Wildman–Crippen MR) is 68.0 cm³/mol. The van der Waals surface area contributed by atoms with E-state index in [1.165, 1.54) is 32.1 Å². The van der Waals surface area contributed by atoms with E-state index in [1.807, 2.05) is 10.8 Å². The molecule has 1 aliphatic carbocycles. The van der Waals surface area contributed by atoms with Crippen LogP contribution in [0, 0.1) is 5.92 Å². The first kappa shape index (κ1) is 12.3. The summed E-state index contributed by atoms with van der Waals surface area (Å²) in [5, 5.41) is 0. The van der Waals surface area contributed by atoms with E-state index in [9.17, 15) is 4.79 Å². The van der Waals surface area contributed by atoms with Gasteiger partial charge < -0.3 is 4.57 Å². The Hall–Kier alpha value is -1.12. The van der Waals surface area contributed by atoms with Crippen LogP contribution in [0.1, 0.15) is 62.5 Å². The molecule has 2 rings (SSSR count). The molecule has 3 heteroatoms. The van der Waals surface area contributed by atoms with Gasteiger partial charge in [0, 0.05) is 24.9 Å². The standard InChI is InChI=1S/C14H22N2O/c1-2-16-11-10-15-14(16)13(17)12-8-6-4-3-5-7-9-12/h10-12H,2-9H2,1H3. The molecule has 1 fully saturated rings. The Morgan fingerprint density at radius 1 is 1.29 bits per heavy atom. The zero-order valence-corrected chi connectivity index (χ0v) is 10.7. The maximum Gasteiger partial charge on any atom is 0.201 e. The highest BCUT2D eigenvalue weighted by atomic mass is 16.1. The molecule has 0 bridgehead atoms. The van der Waals surface area contributed by atoms with Gasteiger partial charge in [-0.15, -0.1) is 0 Å². The molecule has 0 saturated heterocycles. The van der Waals surface area contributed by atoms with Crippen molar-refractivity contribution >= 4 is 5.78 Å². The molecule has 0 spiro atoms. The summed E-state index contributed by atoms with van der Waals surface area (Å²) in [6, 6.07) is 0. The predicted octanol–water partition coefficient (Wildman–Crippen LogP) is 3.45. The first-order chi connectivity index (χ1) is 8.33. The maximum atomic E-state index is 12.4. The average molecular weight is 234 g/mol. The van der Waals surface area contributed by atoms with Crippen molar-refractivity contribution in [3.8, 4) is 0 Å². The fourth-order valence-corrected chi connectivity index (χ4v) is 2.69. The monoisotopic (exact) mass is 234 g/mol. The Bertz CT molecular complexity index is 362. The zero-order valence-electron chi connectivity index (χ0n) is 10.7. The SMILES string of the molecule is CCn1ccnc1C(=O)C1CCCCCCC1. The molecule has 0 aliphatic heterocycles. The fourth-order valence-electron chi connectivity index (χ4n) is 2.69. The first-order valence-electron chi connectivity index (χ1n) is 6.88. The third-order valence-corrected chi connectivity index (χ3v) is 3.75. The van der Waals surface area contributed by atoms with Crippen LogP contribution in [0.2, 0.25) is 0 Å². The third-order valence-electron chi connectivity index (χ3n) is 3.75. The van der Waals surface area contributed by atoms with Crippen LogP contribution < -0.4 is 0 Å². The summed E-state index contributed by atoms with van der Waals surface area (Å²) in [6.45, 7) is 2.88. The van der Waals surface area contributed by atoms with E-state index < -0.39 is 0 Å². The Labute approximate surface area is 103 Å². The quantitative estimate of drug-likeness (QED) is 0.751. The van der Waals surface area contributed by atoms with Crippen LogP contribution in [0.5, 0.6) is 0 Å². The third kappa shape index (κ3) is 2.96. The first-order valence-corrected chi connectivity index (χ1v) is 6.88. The van der Waals surface area contributed by atoms with Crippen LogP contribution in [0.25, 0.3) is 0 Å². The Balaban J connectivity index is 2.07. The summed E-state index contributed by atoms with van der Waals surface area (Å²) >= 11 is 0. The Morgan fingerprint density at radius 3 is 2.59 bits per heavy atom. The van der Waals surface area contributed by atoms with Crippen molar-refractivity contribution in [3.63, 3.8) is 0 Å². The zero-order chi connectivity index (χ0) is 12.1. The largest absolute Gasteiger partial charge is 0.329 e. The molecule has 17 heavy (non-hydrogen) atoms. The Kier molecular flexibility index (Phi) is 4.35. The van der Waals surface area contributed by atoms with E-state index >= 15 is 0 Å².